The number of anilines is 1. The lowest BCUT2D eigenvalue weighted by Gasteiger charge is -2.23. The first kappa shape index (κ1) is 22.6. The lowest BCUT2D eigenvalue weighted by Crippen LogP contribution is -2.35. The normalized spacial score (nSPS) is 12.2. The van der Waals surface area contributed by atoms with Crippen LogP contribution in [0, 0.1) is 6.92 Å². The lowest BCUT2D eigenvalue weighted by atomic mass is 10.1. The summed E-state index contributed by atoms with van der Waals surface area (Å²) in [6.45, 7) is 3.86. The molecular weight excluding hydrogens is 408 g/mol. The van der Waals surface area contributed by atoms with E-state index in [0.29, 0.717) is 11.3 Å². The third-order valence-electron chi connectivity index (χ3n) is 5.25. The van der Waals surface area contributed by atoms with Gasteiger partial charge in [-0.15, -0.1) is 0 Å². The largest absolute Gasteiger partial charge is 0.350 e. The Morgan fingerprint density at radius 2 is 1.55 bits per heavy atom. The van der Waals surface area contributed by atoms with Crippen molar-refractivity contribution in [3.05, 3.63) is 95.6 Å². The summed E-state index contributed by atoms with van der Waals surface area (Å²) in [7, 11) is -2.31. The lowest BCUT2D eigenvalue weighted by molar-refractivity contribution is 0.0939. The highest BCUT2D eigenvalue weighted by molar-refractivity contribution is 7.92. The number of hydrogen-bond acceptors (Lipinski definition) is 3. The average Bonchev–Trinajstić information content (AvgIpc) is 2.78. The Labute approximate surface area is 184 Å². The molecule has 0 heterocycles. The number of sulfonamides is 1. The quantitative estimate of drug-likeness (QED) is 0.562. The van der Waals surface area contributed by atoms with Crippen molar-refractivity contribution in [2.45, 2.75) is 37.6 Å². The number of amides is 1. The maximum Gasteiger partial charge on any atom is 0.264 e. The van der Waals surface area contributed by atoms with Crippen LogP contribution in [0.15, 0.2) is 83.8 Å². The van der Waals surface area contributed by atoms with E-state index in [4.69, 9.17) is 0 Å². The van der Waals surface area contributed by atoms with E-state index in [-0.39, 0.29) is 16.8 Å². The van der Waals surface area contributed by atoms with Gasteiger partial charge in [0.15, 0.2) is 0 Å². The Bertz CT molecular complexity index is 1130. The second-order valence-electron chi connectivity index (χ2n) is 7.70. The summed E-state index contributed by atoms with van der Waals surface area (Å²) >= 11 is 0. The zero-order valence-electron chi connectivity index (χ0n) is 18.1. The van der Waals surface area contributed by atoms with E-state index >= 15 is 0 Å². The second-order valence-corrected chi connectivity index (χ2v) is 9.67. The number of hydrogen-bond donors (Lipinski definition) is 1. The Morgan fingerprint density at radius 3 is 2.23 bits per heavy atom. The molecule has 0 saturated carbocycles. The molecule has 0 aliphatic rings. The molecule has 1 N–H and O–H groups in total. The third-order valence-corrected chi connectivity index (χ3v) is 7.04. The zero-order chi connectivity index (χ0) is 22.4. The van der Waals surface area contributed by atoms with Crippen molar-refractivity contribution in [2.75, 3.05) is 11.4 Å². The molecule has 1 amide bonds. The van der Waals surface area contributed by atoms with Crippen molar-refractivity contribution >= 4 is 21.6 Å². The number of benzene rings is 3. The van der Waals surface area contributed by atoms with Crippen molar-refractivity contribution < 1.29 is 13.2 Å². The summed E-state index contributed by atoms with van der Waals surface area (Å²) in [5.74, 6) is -0.290. The fraction of sp³-hybridized carbons (Fsp3) is 0.240. The Kier molecular flexibility index (Phi) is 7.13. The first-order valence-corrected chi connectivity index (χ1v) is 11.7. The first-order valence-electron chi connectivity index (χ1n) is 10.3. The number of para-hydroxylation sites is 1. The molecule has 0 bridgehead atoms. The monoisotopic (exact) mass is 436 g/mol. The van der Waals surface area contributed by atoms with E-state index < -0.39 is 10.0 Å². The van der Waals surface area contributed by atoms with Crippen LogP contribution in [0.3, 0.4) is 0 Å². The first-order chi connectivity index (χ1) is 14.8. The smallest absolute Gasteiger partial charge is 0.264 e. The summed E-state index contributed by atoms with van der Waals surface area (Å²) in [6, 6.07) is 23.5. The molecule has 0 aliphatic heterocycles. The van der Waals surface area contributed by atoms with E-state index in [2.05, 4.69) is 17.4 Å². The molecule has 31 heavy (non-hydrogen) atoms. The number of rotatable bonds is 8. The van der Waals surface area contributed by atoms with E-state index in [1.54, 1.807) is 48.5 Å². The number of nitrogens with one attached hydrogen (secondary N) is 1. The molecule has 0 radical (unpaired) electrons. The maximum absolute atomic E-state index is 13.1. The second kappa shape index (κ2) is 9.79. The third kappa shape index (κ3) is 5.52. The fourth-order valence-electron chi connectivity index (χ4n) is 3.34. The minimum Gasteiger partial charge on any atom is -0.350 e. The van der Waals surface area contributed by atoms with E-state index in [1.807, 2.05) is 32.0 Å². The molecule has 0 spiro atoms. The van der Waals surface area contributed by atoms with Crippen molar-refractivity contribution in [1.29, 1.82) is 0 Å². The summed E-state index contributed by atoms with van der Waals surface area (Å²) < 4.78 is 27.4. The molecule has 3 aromatic carbocycles. The zero-order valence-corrected chi connectivity index (χ0v) is 18.9. The van der Waals surface area contributed by atoms with Gasteiger partial charge >= 0.3 is 0 Å². The Hall–Kier alpha value is -3.12. The maximum atomic E-state index is 13.1. The van der Waals surface area contributed by atoms with Crippen LogP contribution >= 0.6 is 0 Å². The van der Waals surface area contributed by atoms with Gasteiger partial charge in [-0.3, -0.25) is 9.10 Å². The minimum absolute atomic E-state index is 0.0558. The molecular formula is C25H28N2O3S. The minimum atomic E-state index is -3.79. The van der Waals surface area contributed by atoms with Gasteiger partial charge in [-0.25, -0.2) is 8.42 Å². The van der Waals surface area contributed by atoms with Crippen molar-refractivity contribution in [3.63, 3.8) is 0 Å². The molecule has 0 aromatic heterocycles. The van der Waals surface area contributed by atoms with Crippen LogP contribution in [0.2, 0.25) is 0 Å². The standard InChI is InChI=1S/C25H28N2O3S/c1-19-13-17-22(18-14-19)31(29,30)27(3)24-12-8-7-11-23(24)25(28)26-20(2)15-16-21-9-5-4-6-10-21/h4-14,17-18,20H,15-16H2,1-3H3,(H,26,28)/t20-/m1/s1. The molecule has 0 unspecified atom stereocenters. The van der Waals surface area contributed by atoms with Crippen molar-refractivity contribution in [3.8, 4) is 0 Å². The van der Waals surface area contributed by atoms with Gasteiger partial charge < -0.3 is 5.32 Å². The summed E-state index contributed by atoms with van der Waals surface area (Å²) in [5, 5.41) is 3.00. The molecule has 5 nitrogen and oxygen atoms in total. The average molecular weight is 437 g/mol. The van der Waals surface area contributed by atoms with Crippen molar-refractivity contribution in [2.24, 2.45) is 0 Å². The molecule has 3 rings (SSSR count). The molecule has 0 aliphatic carbocycles. The van der Waals surface area contributed by atoms with Crippen LogP contribution in [-0.2, 0) is 16.4 Å². The predicted octanol–water partition coefficient (Wildman–Crippen LogP) is 4.57. The molecule has 162 valence electrons. The summed E-state index contributed by atoms with van der Waals surface area (Å²) in [6.07, 6.45) is 1.64. The van der Waals surface area contributed by atoms with Gasteiger partial charge in [-0.1, -0.05) is 60.2 Å². The predicted molar refractivity (Wildman–Crippen MR) is 125 cm³/mol. The van der Waals surface area contributed by atoms with Gasteiger partial charge in [-0.2, -0.15) is 0 Å². The molecule has 0 saturated heterocycles. The van der Waals surface area contributed by atoms with E-state index in [0.717, 1.165) is 18.4 Å². The van der Waals surface area contributed by atoms with Crippen LogP contribution in [0.1, 0.15) is 34.8 Å². The topological polar surface area (TPSA) is 66.5 Å². The van der Waals surface area contributed by atoms with E-state index in [1.165, 1.54) is 16.9 Å². The SMILES string of the molecule is Cc1ccc(S(=O)(=O)N(C)c2ccccc2C(=O)N[C@H](C)CCc2ccccc2)cc1. The van der Waals surface area contributed by atoms with Crippen molar-refractivity contribution in [1.82, 2.24) is 5.32 Å². The van der Waals surface area contributed by atoms with Gasteiger partial charge in [0.2, 0.25) is 0 Å². The molecule has 3 aromatic rings. The number of aryl methyl sites for hydroxylation is 2. The van der Waals surface area contributed by atoms with Gasteiger partial charge in [0.1, 0.15) is 0 Å². The van der Waals surface area contributed by atoms with Crippen LogP contribution < -0.4 is 9.62 Å². The van der Waals surface area contributed by atoms with Gasteiger partial charge in [0, 0.05) is 13.1 Å². The Balaban J connectivity index is 1.76. The highest BCUT2D eigenvalue weighted by Gasteiger charge is 2.25. The summed E-state index contributed by atoms with van der Waals surface area (Å²) in [5.41, 5.74) is 2.86. The fourth-order valence-corrected chi connectivity index (χ4v) is 4.55. The Morgan fingerprint density at radius 1 is 0.935 bits per heavy atom. The summed E-state index contributed by atoms with van der Waals surface area (Å²) in [4.78, 5) is 13.2. The van der Waals surface area contributed by atoms with Crippen LogP contribution in [-0.4, -0.2) is 27.4 Å². The van der Waals surface area contributed by atoms with Gasteiger partial charge in [-0.05, 0) is 56.5 Å². The number of nitrogens with zero attached hydrogens (tertiary/aromatic N) is 1. The van der Waals surface area contributed by atoms with Crippen LogP contribution in [0.5, 0.6) is 0 Å². The number of carbonyl (C=O) groups excluding carboxylic acids is 1. The molecule has 6 heteroatoms. The van der Waals surface area contributed by atoms with Gasteiger partial charge in [0.25, 0.3) is 15.9 Å². The molecule has 1 atom stereocenters. The van der Waals surface area contributed by atoms with Gasteiger partial charge in [0.05, 0.1) is 16.1 Å². The van der Waals surface area contributed by atoms with Crippen LogP contribution in [0.25, 0.3) is 0 Å². The highest BCUT2D eigenvalue weighted by Crippen LogP contribution is 2.26. The van der Waals surface area contributed by atoms with Crippen LogP contribution in [0.4, 0.5) is 5.69 Å². The highest BCUT2D eigenvalue weighted by atomic mass is 32.2. The number of carbonyl (C=O) groups is 1. The molecule has 0 fully saturated rings. The van der Waals surface area contributed by atoms with E-state index in [9.17, 15) is 13.2 Å².